The second-order valence-corrected chi connectivity index (χ2v) is 7.52. The maximum atomic E-state index is 12.7. The van der Waals surface area contributed by atoms with Crippen molar-refractivity contribution < 1.29 is 36.0 Å². The molecular weight excluding hydrogens is 417 g/mol. The minimum atomic E-state index is -4.69. The van der Waals surface area contributed by atoms with E-state index in [1.807, 2.05) is 4.72 Å². The van der Waals surface area contributed by atoms with Gasteiger partial charge in [-0.15, -0.1) is 0 Å². The van der Waals surface area contributed by atoms with Crippen LogP contribution < -0.4 is 4.72 Å². The van der Waals surface area contributed by atoms with Crippen molar-refractivity contribution in [2.45, 2.75) is 24.1 Å². The number of carbonyl (C=O) groups excluding carboxylic acids is 1. The third-order valence-electron chi connectivity index (χ3n) is 3.64. The average molecular weight is 432 g/mol. The highest BCUT2D eigenvalue weighted by molar-refractivity contribution is 7.89. The van der Waals surface area contributed by atoms with Gasteiger partial charge in [-0.2, -0.15) is 13.2 Å². The monoisotopic (exact) mass is 432 g/mol. The van der Waals surface area contributed by atoms with Crippen molar-refractivity contribution in [2.24, 2.45) is 0 Å². The fourth-order valence-electron chi connectivity index (χ4n) is 2.16. The summed E-state index contributed by atoms with van der Waals surface area (Å²) in [6.07, 6.45) is -5.04. The van der Waals surface area contributed by atoms with Crippen molar-refractivity contribution >= 4 is 21.7 Å². The molecule has 0 spiro atoms. The first-order valence-electron chi connectivity index (χ1n) is 8.05. The molecule has 29 heavy (non-hydrogen) atoms. The van der Waals surface area contributed by atoms with E-state index in [0.29, 0.717) is 11.6 Å². The van der Waals surface area contributed by atoms with Crippen LogP contribution in [0.15, 0.2) is 53.4 Å². The highest BCUT2D eigenvalue weighted by Gasteiger charge is 2.31. The number of halogens is 3. The lowest BCUT2D eigenvalue weighted by molar-refractivity contribution is -0.384. The molecule has 156 valence electrons. The standard InChI is InChI=1S/C17H15F3N2O6S/c18-17(19,20)13-2-1-3-15(10-13)29(26,27)21-9-8-16(23)28-11-12-4-6-14(7-5-12)22(24)25/h1-7,10,21H,8-9,11H2. The van der Waals surface area contributed by atoms with Crippen LogP contribution in [0.25, 0.3) is 0 Å². The van der Waals surface area contributed by atoms with E-state index in [4.69, 9.17) is 4.74 Å². The molecule has 0 saturated carbocycles. The van der Waals surface area contributed by atoms with Crippen LogP contribution in [0.3, 0.4) is 0 Å². The molecule has 0 unspecified atom stereocenters. The van der Waals surface area contributed by atoms with Crippen molar-refractivity contribution in [1.82, 2.24) is 4.72 Å². The predicted molar refractivity (Wildman–Crippen MR) is 94.1 cm³/mol. The summed E-state index contributed by atoms with van der Waals surface area (Å²) in [5.41, 5.74) is -0.736. The Labute approximate surface area is 163 Å². The van der Waals surface area contributed by atoms with E-state index in [-0.39, 0.29) is 25.3 Å². The van der Waals surface area contributed by atoms with Gasteiger partial charge in [0.05, 0.1) is 21.8 Å². The first-order chi connectivity index (χ1) is 13.5. The van der Waals surface area contributed by atoms with E-state index in [1.165, 1.54) is 24.3 Å². The topological polar surface area (TPSA) is 116 Å². The number of alkyl halides is 3. The third-order valence-corrected chi connectivity index (χ3v) is 5.10. The highest BCUT2D eigenvalue weighted by atomic mass is 32.2. The van der Waals surface area contributed by atoms with E-state index in [9.17, 15) is 36.5 Å². The lowest BCUT2D eigenvalue weighted by Gasteiger charge is -2.10. The fraction of sp³-hybridized carbons (Fsp3) is 0.235. The van der Waals surface area contributed by atoms with Crippen LogP contribution in [0.1, 0.15) is 17.5 Å². The van der Waals surface area contributed by atoms with Gasteiger partial charge in [0.1, 0.15) is 6.61 Å². The number of non-ortho nitro benzene ring substituents is 1. The molecule has 8 nitrogen and oxygen atoms in total. The largest absolute Gasteiger partial charge is 0.461 e. The van der Waals surface area contributed by atoms with Crippen LogP contribution in [0.2, 0.25) is 0 Å². The zero-order valence-electron chi connectivity index (χ0n) is 14.7. The van der Waals surface area contributed by atoms with Crippen molar-refractivity contribution in [3.8, 4) is 0 Å². The summed E-state index contributed by atoms with van der Waals surface area (Å²) in [6, 6.07) is 8.51. The number of benzene rings is 2. The number of nitro benzene ring substituents is 1. The molecule has 12 heteroatoms. The Kier molecular flexibility index (Phi) is 6.93. The Morgan fingerprint density at radius 3 is 2.38 bits per heavy atom. The molecule has 2 aromatic carbocycles. The van der Waals surface area contributed by atoms with Crippen molar-refractivity contribution in [1.29, 1.82) is 0 Å². The third kappa shape index (κ3) is 6.54. The molecule has 0 amide bonds. The van der Waals surface area contributed by atoms with E-state index in [2.05, 4.69) is 0 Å². The Morgan fingerprint density at radius 2 is 1.79 bits per heavy atom. The normalized spacial score (nSPS) is 11.8. The lowest BCUT2D eigenvalue weighted by Crippen LogP contribution is -2.27. The van der Waals surface area contributed by atoms with Gasteiger partial charge < -0.3 is 4.74 Å². The second-order valence-electron chi connectivity index (χ2n) is 5.76. The molecule has 2 aromatic rings. The van der Waals surface area contributed by atoms with Crippen LogP contribution in [0, 0.1) is 10.1 Å². The molecule has 1 N–H and O–H groups in total. The second kappa shape index (κ2) is 9.01. The molecule has 0 radical (unpaired) electrons. The van der Waals surface area contributed by atoms with Crippen molar-refractivity contribution in [3.63, 3.8) is 0 Å². The van der Waals surface area contributed by atoms with Gasteiger partial charge >= 0.3 is 12.1 Å². The van der Waals surface area contributed by atoms with Gasteiger partial charge in [0, 0.05) is 18.7 Å². The number of carbonyl (C=O) groups is 1. The number of nitrogens with zero attached hydrogens (tertiary/aromatic N) is 1. The quantitative estimate of drug-likeness (QED) is 0.390. The average Bonchev–Trinajstić information content (AvgIpc) is 2.66. The number of esters is 1. The number of sulfonamides is 1. The van der Waals surface area contributed by atoms with Crippen molar-refractivity contribution in [2.75, 3.05) is 6.54 Å². The van der Waals surface area contributed by atoms with Crippen LogP contribution >= 0.6 is 0 Å². The van der Waals surface area contributed by atoms with Gasteiger partial charge in [0.15, 0.2) is 0 Å². The molecule has 0 bridgehead atoms. The van der Waals surface area contributed by atoms with Crippen LogP contribution in [0.4, 0.5) is 18.9 Å². The predicted octanol–water partition coefficient (Wildman–Crippen LogP) is 3.03. The summed E-state index contributed by atoms with van der Waals surface area (Å²) in [5, 5.41) is 10.6. The summed E-state index contributed by atoms with van der Waals surface area (Å²) >= 11 is 0. The Balaban J connectivity index is 1.85. The minimum Gasteiger partial charge on any atom is -0.461 e. The van der Waals surface area contributed by atoms with Gasteiger partial charge in [0.2, 0.25) is 10.0 Å². The lowest BCUT2D eigenvalue weighted by atomic mass is 10.2. The summed E-state index contributed by atoms with van der Waals surface area (Å²) < 4.78 is 69.2. The first kappa shape index (κ1) is 22.3. The van der Waals surface area contributed by atoms with E-state index >= 15 is 0 Å². The summed E-state index contributed by atoms with van der Waals surface area (Å²) in [4.78, 5) is 21.1. The number of nitro groups is 1. The SMILES string of the molecule is O=C(CCNS(=O)(=O)c1cccc(C(F)(F)F)c1)OCc1ccc([N+](=O)[O-])cc1. The molecule has 0 heterocycles. The first-order valence-corrected chi connectivity index (χ1v) is 9.53. The van der Waals surface area contributed by atoms with E-state index < -0.39 is 37.6 Å². The fourth-order valence-corrected chi connectivity index (χ4v) is 3.24. The summed E-state index contributed by atoms with van der Waals surface area (Å²) in [5.74, 6) is -0.755. The highest BCUT2D eigenvalue weighted by Crippen LogP contribution is 2.30. The molecule has 0 aliphatic rings. The molecule has 0 fully saturated rings. The van der Waals surface area contributed by atoms with Gasteiger partial charge in [-0.1, -0.05) is 6.07 Å². The van der Waals surface area contributed by atoms with Gasteiger partial charge in [-0.3, -0.25) is 14.9 Å². The maximum absolute atomic E-state index is 12.7. The molecule has 2 rings (SSSR count). The van der Waals surface area contributed by atoms with Crippen LogP contribution in [-0.2, 0) is 32.3 Å². The van der Waals surface area contributed by atoms with Gasteiger partial charge in [-0.25, -0.2) is 13.1 Å². The molecule has 0 aromatic heterocycles. The van der Waals surface area contributed by atoms with E-state index in [1.54, 1.807) is 0 Å². The number of hydrogen-bond acceptors (Lipinski definition) is 6. The van der Waals surface area contributed by atoms with Gasteiger partial charge in [0.25, 0.3) is 5.69 Å². The number of nitrogens with one attached hydrogen (secondary N) is 1. The Bertz CT molecular complexity index is 991. The smallest absolute Gasteiger partial charge is 0.416 e. The van der Waals surface area contributed by atoms with Crippen LogP contribution in [0.5, 0.6) is 0 Å². The molecule has 0 saturated heterocycles. The summed E-state index contributed by atoms with van der Waals surface area (Å²) in [7, 11) is -4.24. The molecule has 0 aliphatic heterocycles. The van der Waals surface area contributed by atoms with Gasteiger partial charge in [-0.05, 0) is 35.9 Å². The number of rotatable bonds is 8. The zero-order chi connectivity index (χ0) is 21.7. The molecule has 0 atom stereocenters. The molecule has 0 aliphatic carbocycles. The number of hydrogen-bond donors (Lipinski definition) is 1. The van der Waals surface area contributed by atoms with Crippen LogP contribution in [-0.4, -0.2) is 25.9 Å². The van der Waals surface area contributed by atoms with E-state index in [0.717, 1.165) is 18.2 Å². The number of ether oxygens (including phenoxy) is 1. The molecular formula is C17H15F3N2O6S. The zero-order valence-corrected chi connectivity index (χ0v) is 15.5. The summed E-state index contributed by atoms with van der Waals surface area (Å²) in [6.45, 7) is -0.547. The minimum absolute atomic E-state index is 0.121. The Hall–Kier alpha value is -2.99. The maximum Gasteiger partial charge on any atom is 0.416 e. The van der Waals surface area contributed by atoms with Crippen molar-refractivity contribution in [3.05, 3.63) is 69.8 Å². The Morgan fingerprint density at radius 1 is 1.14 bits per heavy atom.